The summed E-state index contributed by atoms with van der Waals surface area (Å²) in [6.07, 6.45) is 0. The summed E-state index contributed by atoms with van der Waals surface area (Å²) in [6, 6.07) is 13.9. The van der Waals surface area contributed by atoms with Crippen LogP contribution in [-0.2, 0) is 4.79 Å². The molecule has 1 amide bonds. The molecule has 0 saturated carbocycles. The fourth-order valence-corrected chi connectivity index (χ4v) is 3.54. The number of amides is 1. The topological polar surface area (TPSA) is 111 Å². The molecule has 0 bridgehead atoms. The number of carbonyl (C=O) groups is 1. The SMILES string of the molecule is COc1cccc(OCC(=O)Nc2cc(-c3cccs3)nn2-c2nc(C)cc(=O)[nH]2)c1. The first-order chi connectivity index (χ1) is 15.0. The molecule has 9 nitrogen and oxygen atoms in total. The number of ether oxygens (including phenoxy) is 2. The second kappa shape index (κ2) is 8.84. The van der Waals surface area contributed by atoms with Gasteiger partial charge in [-0.2, -0.15) is 9.78 Å². The Morgan fingerprint density at radius 1 is 1.19 bits per heavy atom. The van der Waals surface area contributed by atoms with Gasteiger partial charge in [0.15, 0.2) is 6.61 Å². The van der Waals surface area contributed by atoms with E-state index >= 15 is 0 Å². The van der Waals surface area contributed by atoms with Crippen LogP contribution in [0, 0.1) is 6.92 Å². The van der Waals surface area contributed by atoms with Crippen LogP contribution < -0.4 is 20.3 Å². The molecule has 3 heterocycles. The van der Waals surface area contributed by atoms with E-state index in [4.69, 9.17) is 9.47 Å². The number of hydrogen-bond acceptors (Lipinski definition) is 7. The summed E-state index contributed by atoms with van der Waals surface area (Å²) < 4.78 is 12.1. The smallest absolute Gasteiger partial charge is 0.263 e. The van der Waals surface area contributed by atoms with Gasteiger partial charge in [0.2, 0.25) is 5.95 Å². The number of rotatable bonds is 7. The highest BCUT2D eigenvalue weighted by atomic mass is 32.1. The van der Waals surface area contributed by atoms with Crippen LogP contribution in [0.1, 0.15) is 5.69 Å². The molecule has 0 radical (unpaired) electrons. The third-order valence-electron chi connectivity index (χ3n) is 4.22. The minimum atomic E-state index is -0.392. The second-order valence-electron chi connectivity index (χ2n) is 6.53. The van der Waals surface area contributed by atoms with Gasteiger partial charge in [-0.15, -0.1) is 11.3 Å². The predicted octanol–water partition coefficient (Wildman–Crippen LogP) is 3.02. The van der Waals surface area contributed by atoms with Crippen LogP contribution in [0.15, 0.2) is 58.7 Å². The molecule has 3 aromatic heterocycles. The predicted molar refractivity (Wildman–Crippen MR) is 117 cm³/mol. The largest absolute Gasteiger partial charge is 0.497 e. The molecule has 0 aliphatic rings. The number of carbonyl (C=O) groups excluding carboxylic acids is 1. The highest BCUT2D eigenvalue weighted by Crippen LogP contribution is 2.27. The Kier molecular flexibility index (Phi) is 5.80. The number of hydrogen-bond donors (Lipinski definition) is 2. The van der Waals surface area contributed by atoms with E-state index in [1.165, 1.54) is 22.1 Å². The molecule has 158 valence electrons. The van der Waals surface area contributed by atoms with Crippen LogP contribution in [0.5, 0.6) is 11.5 Å². The number of benzene rings is 1. The Labute approximate surface area is 181 Å². The van der Waals surface area contributed by atoms with Crippen LogP contribution in [0.25, 0.3) is 16.5 Å². The Morgan fingerprint density at radius 2 is 2.03 bits per heavy atom. The van der Waals surface area contributed by atoms with Gasteiger partial charge in [-0.05, 0) is 30.5 Å². The quantitative estimate of drug-likeness (QED) is 0.460. The van der Waals surface area contributed by atoms with Gasteiger partial charge in [0.25, 0.3) is 11.5 Å². The number of thiophene rings is 1. The zero-order valence-electron chi connectivity index (χ0n) is 16.8. The van der Waals surface area contributed by atoms with Crippen molar-refractivity contribution in [3.05, 3.63) is 70.0 Å². The van der Waals surface area contributed by atoms with Gasteiger partial charge >= 0.3 is 0 Å². The molecule has 0 fully saturated rings. The molecule has 0 aliphatic heterocycles. The van der Waals surface area contributed by atoms with Crippen molar-refractivity contribution in [2.75, 3.05) is 19.0 Å². The normalized spacial score (nSPS) is 10.6. The molecular weight excluding hydrogens is 418 g/mol. The Bertz CT molecular complexity index is 1260. The van der Waals surface area contributed by atoms with Gasteiger partial charge in [0.1, 0.15) is 23.0 Å². The maximum absolute atomic E-state index is 12.6. The number of aryl methyl sites for hydroxylation is 1. The zero-order valence-corrected chi connectivity index (χ0v) is 17.6. The number of nitrogens with one attached hydrogen (secondary N) is 2. The van der Waals surface area contributed by atoms with E-state index in [1.54, 1.807) is 44.4 Å². The van der Waals surface area contributed by atoms with E-state index in [9.17, 15) is 9.59 Å². The first-order valence-electron chi connectivity index (χ1n) is 9.31. The van der Waals surface area contributed by atoms with Gasteiger partial charge in [0, 0.05) is 23.9 Å². The lowest BCUT2D eigenvalue weighted by atomic mass is 10.3. The van der Waals surface area contributed by atoms with Crippen LogP contribution in [0.4, 0.5) is 5.82 Å². The number of H-pyrrole nitrogens is 1. The van der Waals surface area contributed by atoms with Crippen molar-refractivity contribution in [1.29, 1.82) is 0 Å². The van der Waals surface area contributed by atoms with E-state index in [0.29, 0.717) is 28.7 Å². The molecule has 0 aliphatic carbocycles. The van der Waals surface area contributed by atoms with Crippen molar-refractivity contribution < 1.29 is 14.3 Å². The average molecular weight is 437 g/mol. The van der Waals surface area contributed by atoms with Crippen molar-refractivity contribution in [3.8, 4) is 28.0 Å². The van der Waals surface area contributed by atoms with Crippen LogP contribution in [0.2, 0.25) is 0 Å². The Morgan fingerprint density at radius 3 is 2.77 bits per heavy atom. The lowest BCUT2D eigenvalue weighted by molar-refractivity contribution is -0.118. The molecule has 0 spiro atoms. The van der Waals surface area contributed by atoms with Gasteiger partial charge in [-0.25, -0.2) is 4.98 Å². The van der Waals surface area contributed by atoms with E-state index in [2.05, 4.69) is 20.4 Å². The first kappa shape index (κ1) is 20.4. The van der Waals surface area contributed by atoms with Crippen molar-refractivity contribution in [1.82, 2.24) is 19.7 Å². The molecule has 0 atom stereocenters. The lowest BCUT2D eigenvalue weighted by Gasteiger charge is -2.10. The summed E-state index contributed by atoms with van der Waals surface area (Å²) >= 11 is 1.51. The standard InChI is InChI=1S/C21H19N5O4S/c1-13-9-19(27)24-21(22-13)26-18(11-16(25-26)17-7-4-8-31-17)23-20(28)12-30-15-6-3-5-14(10-15)29-2/h3-11H,12H2,1-2H3,(H,23,28)(H,22,24,27). The second-order valence-corrected chi connectivity index (χ2v) is 7.48. The highest BCUT2D eigenvalue weighted by molar-refractivity contribution is 7.13. The van der Waals surface area contributed by atoms with Gasteiger partial charge in [-0.3, -0.25) is 14.6 Å². The van der Waals surface area contributed by atoms with Crippen molar-refractivity contribution in [3.63, 3.8) is 0 Å². The number of aromatic nitrogens is 4. The molecule has 2 N–H and O–H groups in total. The van der Waals surface area contributed by atoms with Crippen LogP contribution in [0.3, 0.4) is 0 Å². The van der Waals surface area contributed by atoms with Crippen molar-refractivity contribution in [2.45, 2.75) is 6.92 Å². The molecular formula is C21H19N5O4S. The molecule has 0 unspecified atom stereocenters. The molecule has 10 heteroatoms. The van der Waals surface area contributed by atoms with Crippen LogP contribution >= 0.6 is 11.3 Å². The Hall–Kier alpha value is -3.92. The number of methoxy groups -OCH3 is 1. The summed E-state index contributed by atoms with van der Waals surface area (Å²) in [5, 5.41) is 9.23. The lowest BCUT2D eigenvalue weighted by Crippen LogP contribution is -2.23. The summed E-state index contributed by atoms with van der Waals surface area (Å²) in [6.45, 7) is 1.49. The summed E-state index contributed by atoms with van der Waals surface area (Å²) in [5.41, 5.74) is 0.864. The van der Waals surface area contributed by atoms with Gasteiger partial charge < -0.3 is 14.8 Å². The van der Waals surface area contributed by atoms with E-state index < -0.39 is 5.91 Å². The maximum Gasteiger partial charge on any atom is 0.263 e. The third kappa shape index (κ3) is 4.81. The number of nitrogens with zero attached hydrogens (tertiary/aromatic N) is 3. The minimum Gasteiger partial charge on any atom is -0.497 e. The zero-order chi connectivity index (χ0) is 21.8. The molecule has 31 heavy (non-hydrogen) atoms. The maximum atomic E-state index is 12.6. The van der Waals surface area contributed by atoms with Gasteiger partial charge in [0.05, 0.1) is 12.0 Å². The van der Waals surface area contributed by atoms with Gasteiger partial charge in [-0.1, -0.05) is 12.1 Å². The van der Waals surface area contributed by atoms with E-state index in [1.807, 2.05) is 17.5 Å². The fourth-order valence-electron chi connectivity index (χ4n) is 2.86. The number of anilines is 1. The van der Waals surface area contributed by atoms with Crippen LogP contribution in [-0.4, -0.2) is 39.4 Å². The summed E-state index contributed by atoms with van der Waals surface area (Å²) in [5.74, 6) is 1.31. The van der Waals surface area contributed by atoms with Crippen molar-refractivity contribution in [2.24, 2.45) is 0 Å². The number of aromatic amines is 1. The summed E-state index contributed by atoms with van der Waals surface area (Å²) in [7, 11) is 1.56. The highest BCUT2D eigenvalue weighted by Gasteiger charge is 2.16. The van der Waals surface area contributed by atoms with E-state index in [-0.39, 0.29) is 18.1 Å². The molecule has 4 rings (SSSR count). The molecule has 1 aromatic carbocycles. The Balaban J connectivity index is 1.58. The summed E-state index contributed by atoms with van der Waals surface area (Å²) in [4.78, 5) is 32.4. The minimum absolute atomic E-state index is 0.205. The molecule has 0 saturated heterocycles. The van der Waals surface area contributed by atoms with Crippen molar-refractivity contribution >= 4 is 23.1 Å². The molecule has 4 aromatic rings. The average Bonchev–Trinajstić information content (AvgIpc) is 3.42. The monoisotopic (exact) mass is 437 g/mol. The fraction of sp³-hybridized carbons (Fsp3) is 0.143. The van der Waals surface area contributed by atoms with E-state index in [0.717, 1.165) is 4.88 Å². The third-order valence-corrected chi connectivity index (χ3v) is 5.11. The first-order valence-corrected chi connectivity index (χ1v) is 10.2.